The molecule has 2 atom stereocenters. The average molecular weight is 337 g/mol. The summed E-state index contributed by atoms with van der Waals surface area (Å²) >= 11 is 0. The normalized spacial score (nSPS) is 23.3. The van der Waals surface area contributed by atoms with Crippen molar-refractivity contribution >= 4 is 22.4 Å². The smallest absolute Gasteiger partial charge is 0.228 e. The summed E-state index contributed by atoms with van der Waals surface area (Å²) in [6.07, 6.45) is 5.37. The van der Waals surface area contributed by atoms with Crippen molar-refractivity contribution in [2.75, 3.05) is 20.1 Å². The Labute approximate surface area is 149 Å². The quantitative estimate of drug-likeness (QED) is 0.884. The molecule has 2 heterocycles. The molecule has 1 aliphatic carbocycles. The Balaban J connectivity index is 1.69. The van der Waals surface area contributed by atoms with Crippen LogP contribution >= 0.6 is 0 Å². The summed E-state index contributed by atoms with van der Waals surface area (Å²) in [6.45, 7) is 7.91. The Morgan fingerprint density at radius 1 is 1.36 bits per heavy atom. The molecule has 132 valence electrons. The first-order valence-electron chi connectivity index (χ1n) is 9.12. The van der Waals surface area contributed by atoms with Gasteiger partial charge in [-0.3, -0.25) is 9.69 Å². The first-order chi connectivity index (χ1) is 11.8. The molecule has 0 bridgehead atoms. The molecule has 2 aromatic rings. The third-order valence-corrected chi connectivity index (χ3v) is 5.40. The number of H-pyrrole nitrogens is 1. The number of carbonyl (C=O) groups is 1. The van der Waals surface area contributed by atoms with Gasteiger partial charge in [0.2, 0.25) is 5.91 Å². The predicted octanol–water partition coefficient (Wildman–Crippen LogP) is 3.20. The van der Waals surface area contributed by atoms with E-state index < -0.39 is 0 Å². The minimum atomic E-state index is -0.0886. The number of rotatable bonds is 2. The number of aromatic amines is 1. The molecule has 2 N–H and O–H groups in total. The maximum absolute atomic E-state index is 12.7. The van der Waals surface area contributed by atoms with E-state index in [4.69, 9.17) is 0 Å². The lowest BCUT2D eigenvalue weighted by molar-refractivity contribution is -0.124. The van der Waals surface area contributed by atoms with E-state index in [0.29, 0.717) is 12.6 Å². The highest BCUT2D eigenvalue weighted by atomic mass is 16.1. The Hall–Kier alpha value is -2.07. The second kappa shape index (κ2) is 5.73. The number of hydrogen-bond donors (Lipinski definition) is 2. The Morgan fingerprint density at radius 2 is 2.16 bits per heavy atom. The molecule has 1 aliphatic heterocycles. The van der Waals surface area contributed by atoms with Crippen molar-refractivity contribution in [2.45, 2.75) is 33.2 Å². The van der Waals surface area contributed by atoms with Gasteiger partial charge in [-0.2, -0.15) is 0 Å². The standard InChI is InChI=1S/C21H27N3O/c1-21(2,3)12-23-20(25)14-8-16-15-6-5-7-17-19(15)13(10-22-17)9-18(16)24(4)11-14/h5-8,10,14,18,22H,9,11-12H2,1-4H3,(H,23,25). The molecule has 25 heavy (non-hydrogen) atoms. The Morgan fingerprint density at radius 3 is 2.92 bits per heavy atom. The predicted molar refractivity (Wildman–Crippen MR) is 102 cm³/mol. The highest BCUT2D eigenvalue weighted by Gasteiger charge is 2.35. The van der Waals surface area contributed by atoms with Gasteiger partial charge in [0.1, 0.15) is 0 Å². The van der Waals surface area contributed by atoms with Gasteiger partial charge >= 0.3 is 0 Å². The van der Waals surface area contributed by atoms with Crippen LogP contribution < -0.4 is 5.32 Å². The van der Waals surface area contributed by atoms with Gasteiger partial charge in [-0.15, -0.1) is 0 Å². The lowest BCUT2D eigenvalue weighted by Gasteiger charge is -2.39. The molecule has 0 fully saturated rings. The molecule has 4 rings (SSSR count). The van der Waals surface area contributed by atoms with Crippen LogP contribution in [-0.4, -0.2) is 42.0 Å². The highest BCUT2D eigenvalue weighted by Crippen LogP contribution is 2.40. The monoisotopic (exact) mass is 337 g/mol. The topological polar surface area (TPSA) is 48.1 Å². The fourth-order valence-electron chi connectivity index (χ4n) is 4.10. The number of carbonyl (C=O) groups excluding carboxylic acids is 1. The van der Waals surface area contributed by atoms with Crippen LogP contribution in [0.15, 0.2) is 30.5 Å². The number of hydrogen-bond acceptors (Lipinski definition) is 2. The second-order valence-corrected chi connectivity index (χ2v) is 8.71. The van der Waals surface area contributed by atoms with Crippen LogP contribution in [0.5, 0.6) is 0 Å². The van der Waals surface area contributed by atoms with Gasteiger partial charge in [-0.25, -0.2) is 0 Å². The van der Waals surface area contributed by atoms with Gasteiger partial charge in [0.05, 0.1) is 5.92 Å². The van der Waals surface area contributed by atoms with Crippen LogP contribution in [0.2, 0.25) is 0 Å². The summed E-state index contributed by atoms with van der Waals surface area (Å²) in [5.41, 5.74) is 5.26. The van der Waals surface area contributed by atoms with Crippen molar-refractivity contribution in [3.63, 3.8) is 0 Å². The molecule has 4 heteroatoms. The van der Waals surface area contributed by atoms with Gasteiger partial charge in [0.15, 0.2) is 0 Å². The molecule has 0 saturated carbocycles. The summed E-state index contributed by atoms with van der Waals surface area (Å²) in [7, 11) is 2.14. The lowest BCUT2D eigenvalue weighted by atomic mass is 9.79. The minimum Gasteiger partial charge on any atom is -0.361 e. The first kappa shape index (κ1) is 16.4. The van der Waals surface area contributed by atoms with Crippen LogP contribution in [0.4, 0.5) is 0 Å². The van der Waals surface area contributed by atoms with Crippen molar-refractivity contribution in [1.82, 2.24) is 15.2 Å². The zero-order chi connectivity index (χ0) is 17.8. The molecule has 2 unspecified atom stereocenters. The van der Waals surface area contributed by atoms with Gasteiger partial charge in [-0.05, 0) is 41.6 Å². The number of amides is 1. The Kier molecular flexibility index (Phi) is 3.76. The summed E-state index contributed by atoms with van der Waals surface area (Å²) < 4.78 is 0. The molecule has 1 amide bonds. The summed E-state index contributed by atoms with van der Waals surface area (Å²) in [5.74, 6) is 0.0501. The SMILES string of the molecule is CN1CC(C(=O)NCC(C)(C)C)C=C2c3cccc4[nH]cc(c34)CC21. The molecule has 4 nitrogen and oxygen atoms in total. The number of benzene rings is 1. The molecule has 0 radical (unpaired) electrons. The van der Waals surface area contributed by atoms with Crippen molar-refractivity contribution in [3.05, 3.63) is 41.6 Å². The van der Waals surface area contributed by atoms with E-state index in [1.54, 1.807) is 0 Å². The molecule has 1 aromatic carbocycles. The van der Waals surface area contributed by atoms with Crippen molar-refractivity contribution in [1.29, 1.82) is 0 Å². The molecule has 2 aliphatic rings. The largest absolute Gasteiger partial charge is 0.361 e. The van der Waals surface area contributed by atoms with Gasteiger partial charge in [0, 0.05) is 36.2 Å². The maximum atomic E-state index is 12.7. The lowest BCUT2D eigenvalue weighted by Crippen LogP contribution is -2.47. The molecular formula is C21H27N3O. The minimum absolute atomic E-state index is 0.0886. The van der Waals surface area contributed by atoms with Crippen LogP contribution in [0.1, 0.15) is 31.9 Å². The Bertz CT molecular complexity index is 856. The molecule has 0 saturated heterocycles. The highest BCUT2D eigenvalue weighted by molar-refractivity contribution is 5.99. The van der Waals surface area contributed by atoms with Crippen molar-refractivity contribution in [2.24, 2.45) is 11.3 Å². The second-order valence-electron chi connectivity index (χ2n) is 8.71. The van der Waals surface area contributed by atoms with E-state index in [0.717, 1.165) is 13.0 Å². The molecule has 0 spiro atoms. The third kappa shape index (κ3) is 2.89. The van der Waals surface area contributed by atoms with Crippen LogP contribution in [-0.2, 0) is 11.2 Å². The number of nitrogens with one attached hydrogen (secondary N) is 2. The fourth-order valence-corrected chi connectivity index (χ4v) is 4.10. The number of likely N-dealkylation sites (N-methyl/N-ethyl adjacent to an activating group) is 1. The zero-order valence-electron chi connectivity index (χ0n) is 15.5. The molecular weight excluding hydrogens is 310 g/mol. The van der Waals surface area contributed by atoms with Crippen molar-refractivity contribution in [3.8, 4) is 0 Å². The number of fused-ring (bicyclic) bond motifs is 2. The average Bonchev–Trinajstić information content (AvgIpc) is 2.97. The maximum Gasteiger partial charge on any atom is 0.228 e. The summed E-state index contributed by atoms with van der Waals surface area (Å²) in [4.78, 5) is 18.4. The van der Waals surface area contributed by atoms with Crippen LogP contribution in [0, 0.1) is 11.3 Å². The van der Waals surface area contributed by atoms with Gasteiger partial charge in [0.25, 0.3) is 0 Å². The third-order valence-electron chi connectivity index (χ3n) is 5.40. The van der Waals surface area contributed by atoms with E-state index in [-0.39, 0.29) is 17.2 Å². The first-order valence-corrected chi connectivity index (χ1v) is 9.12. The van der Waals surface area contributed by atoms with E-state index in [2.05, 4.69) is 73.5 Å². The van der Waals surface area contributed by atoms with E-state index in [1.807, 2.05) is 0 Å². The van der Waals surface area contributed by atoms with Gasteiger partial charge < -0.3 is 10.3 Å². The van der Waals surface area contributed by atoms with E-state index in [9.17, 15) is 4.79 Å². The van der Waals surface area contributed by atoms with E-state index in [1.165, 1.54) is 27.6 Å². The zero-order valence-corrected chi connectivity index (χ0v) is 15.5. The van der Waals surface area contributed by atoms with E-state index >= 15 is 0 Å². The van der Waals surface area contributed by atoms with Crippen LogP contribution in [0.3, 0.4) is 0 Å². The van der Waals surface area contributed by atoms with Crippen molar-refractivity contribution < 1.29 is 4.79 Å². The molecule has 1 aromatic heterocycles. The fraction of sp³-hybridized carbons (Fsp3) is 0.476. The number of aromatic nitrogens is 1. The summed E-state index contributed by atoms with van der Waals surface area (Å²) in [6, 6.07) is 6.79. The number of nitrogens with zero attached hydrogens (tertiary/aromatic N) is 1. The summed E-state index contributed by atoms with van der Waals surface area (Å²) in [5, 5.41) is 4.46. The van der Waals surface area contributed by atoms with Gasteiger partial charge in [-0.1, -0.05) is 39.0 Å². The van der Waals surface area contributed by atoms with Crippen LogP contribution in [0.25, 0.3) is 16.5 Å².